The molecule has 0 atom stereocenters. The van der Waals surface area contributed by atoms with Crippen LogP contribution < -0.4 is 5.43 Å². The summed E-state index contributed by atoms with van der Waals surface area (Å²) >= 11 is 0. The number of hydrogen-bond donors (Lipinski definition) is 2. The third kappa shape index (κ3) is 3.63. The van der Waals surface area contributed by atoms with Gasteiger partial charge in [0.2, 0.25) is 0 Å². The van der Waals surface area contributed by atoms with Gasteiger partial charge in [-0.3, -0.25) is 14.9 Å². The van der Waals surface area contributed by atoms with E-state index in [1.54, 1.807) is 30.3 Å². The Labute approximate surface area is 119 Å². The molecule has 2 N–H and O–H groups in total. The highest BCUT2D eigenvalue weighted by Crippen LogP contribution is 2.21. The molecular weight excluding hydrogens is 274 g/mol. The van der Waals surface area contributed by atoms with E-state index >= 15 is 0 Å². The summed E-state index contributed by atoms with van der Waals surface area (Å²) in [6, 6.07) is 12.0. The van der Waals surface area contributed by atoms with Crippen LogP contribution in [0.4, 0.5) is 5.69 Å². The van der Waals surface area contributed by atoms with Crippen LogP contribution in [-0.2, 0) is 0 Å². The van der Waals surface area contributed by atoms with Crippen LogP contribution in [-0.4, -0.2) is 22.2 Å². The topological polar surface area (TPSA) is 105 Å². The maximum atomic E-state index is 11.7. The van der Waals surface area contributed by atoms with Crippen LogP contribution in [0.5, 0.6) is 5.75 Å². The zero-order valence-corrected chi connectivity index (χ0v) is 10.8. The zero-order valence-electron chi connectivity index (χ0n) is 10.8. The van der Waals surface area contributed by atoms with Crippen molar-refractivity contribution < 1.29 is 14.8 Å². The van der Waals surface area contributed by atoms with Crippen LogP contribution in [0.2, 0.25) is 0 Å². The fraction of sp³-hybridized carbons (Fsp3) is 0. The number of phenolic OH excluding ortho intramolecular Hbond substituents is 1. The van der Waals surface area contributed by atoms with Gasteiger partial charge in [0.1, 0.15) is 5.75 Å². The first-order valence-electron chi connectivity index (χ1n) is 5.94. The van der Waals surface area contributed by atoms with Crippen LogP contribution in [0.15, 0.2) is 53.6 Å². The van der Waals surface area contributed by atoms with Crippen molar-refractivity contribution in [1.82, 2.24) is 5.43 Å². The summed E-state index contributed by atoms with van der Waals surface area (Å²) in [5.41, 5.74) is 2.55. The number of nitro groups is 1. The van der Waals surface area contributed by atoms with E-state index in [1.807, 2.05) is 0 Å². The van der Waals surface area contributed by atoms with Gasteiger partial charge in [0.05, 0.1) is 16.7 Å². The van der Waals surface area contributed by atoms with Gasteiger partial charge in [-0.15, -0.1) is 0 Å². The van der Waals surface area contributed by atoms with Gasteiger partial charge in [0, 0.05) is 11.6 Å². The van der Waals surface area contributed by atoms with Crippen molar-refractivity contribution >= 4 is 17.8 Å². The second kappa shape index (κ2) is 6.29. The van der Waals surface area contributed by atoms with E-state index in [4.69, 9.17) is 0 Å². The third-order valence-electron chi connectivity index (χ3n) is 2.61. The van der Waals surface area contributed by atoms with Gasteiger partial charge in [-0.1, -0.05) is 18.2 Å². The van der Waals surface area contributed by atoms with E-state index in [0.717, 1.165) is 12.3 Å². The van der Waals surface area contributed by atoms with Gasteiger partial charge in [-0.25, -0.2) is 5.43 Å². The fourth-order valence-electron chi connectivity index (χ4n) is 1.63. The highest BCUT2D eigenvalue weighted by Gasteiger charge is 2.12. The number of benzene rings is 2. The van der Waals surface area contributed by atoms with Crippen molar-refractivity contribution in [2.24, 2.45) is 5.10 Å². The number of aromatic hydroxyl groups is 1. The molecule has 0 bridgehead atoms. The fourth-order valence-corrected chi connectivity index (χ4v) is 1.63. The largest absolute Gasteiger partial charge is 0.508 e. The van der Waals surface area contributed by atoms with Crippen LogP contribution in [0.1, 0.15) is 15.9 Å². The molecule has 106 valence electrons. The van der Waals surface area contributed by atoms with Gasteiger partial charge >= 0.3 is 0 Å². The first-order chi connectivity index (χ1) is 10.1. The standard InChI is InChI=1S/C14H11N3O4/c18-12-6-7-13(17(20)21)11(8-12)9-15-16-14(19)10-4-2-1-3-5-10/h1-9,18H,(H,16,19). The average molecular weight is 285 g/mol. The van der Waals surface area contributed by atoms with Crippen LogP contribution >= 0.6 is 0 Å². The van der Waals surface area contributed by atoms with Crippen molar-refractivity contribution in [2.45, 2.75) is 0 Å². The van der Waals surface area contributed by atoms with Gasteiger partial charge < -0.3 is 5.11 Å². The van der Waals surface area contributed by atoms with Crippen molar-refractivity contribution in [3.8, 4) is 5.75 Å². The molecule has 0 aromatic heterocycles. The minimum atomic E-state index is -0.597. The number of carbonyl (C=O) groups is 1. The monoisotopic (exact) mass is 285 g/mol. The summed E-state index contributed by atoms with van der Waals surface area (Å²) in [7, 11) is 0. The van der Waals surface area contributed by atoms with E-state index in [9.17, 15) is 20.0 Å². The molecule has 21 heavy (non-hydrogen) atoms. The Morgan fingerprint density at radius 2 is 1.95 bits per heavy atom. The Kier molecular flexibility index (Phi) is 4.25. The Hall–Kier alpha value is -3.22. The third-order valence-corrected chi connectivity index (χ3v) is 2.61. The molecule has 0 aliphatic carbocycles. The maximum absolute atomic E-state index is 11.7. The molecule has 0 aliphatic heterocycles. The molecule has 0 fully saturated rings. The second-order valence-electron chi connectivity index (χ2n) is 4.07. The Morgan fingerprint density at radius 3 is 2.62 bits per heavy atom. The SMILES string of the molecule is O=C(NN=Cc1cc(O)ccc1[N+](=O)[O-])c1ccccc1. The Balaban J connectivity index is 2.13. The number of nitrogens with zero attached hydrogens (tertiary/aromatic N) is 2. The number of amides is 1. The number of rotatable bonds is 4. The maximum Gasteiger partial charge on any atom is 0.278 e. The average Bonchev–Trinajstić information content (AvgIpc) is 2.48. The van der Waals surface area contributed by atoms with E-state index in [2.05, 4.69) is 10.5 Å². The molecule has 1 amide bonds. The lowest BCUT2D eigenvalue weighted by Crippen LogP contribution is -2.17. The first kappa shape index (κ1) is 14.2. The summed E-state index contributed by atoms with van der Waals surface area (Å²) in [6.45, 7) is 0. The quantitative estimate of drug-likeness (QED) is 0.509. The van der Waals surface area contributed by atoms with E-state index < -0.39 is 10.8 Å². The molecule has 2 rings (SSSR count). The smallest absolute Gasteiger partial charge is 0.278 e. The minimum Gasteiger partial charge on any atom is -0.508 e. The van der Waals surface area contributed by atoms with E-state index in [0.29, 0.717) is 5.56 Å². The predicted octanol–water partition coefficient (Wildman–Crippen LogP) is 2.06. The molecule has 0 spiro atoms. The first-order valence-corrected chi connectivity index (χ1v) is 5.94. The van der Waals surface area contributed by atoms with Gasteiger partial charge in [-0.2, -0.15) is 5.10 Å². The van der Waals surface area contributed by atoms with Crippen molar-refractivity contribution in [3.05, 3.63) is 69.8 Å². The van der Waals surface area contributed by atoms with Crippen molar-refractivity contribution in [2.75, 3.05) is 0 Å². The lowest BCUT2D eigenvalue weighted by atomic mass is 10.2. The number of nitro benzene ring substituents is 1. The van der Waals surface area contributed by atoms with Crippen molar-refractivity contribution in [1.29, 1.82) is 0 Å². The summed E-state index contributed by atoms with van der Waals surface area (Å²) < 4.78 is 0. The molecule has 2 aromatic rings. The highest BCUT2D eigenvalue weighted by molar-refractivity contribution is 5.95. The molecule has 0 saturated heterocycles. The number of phenols is 1. The normalized spacial score (nSPS) is 10.5. The molecule has 0 unspecified atom stereocenters. The van der Waals surface area contributed by atoms with Gasteiger partial charge in [-0.05, 0) is 24.3 Å². The lowest BCUT2D eigenvalue weighted by Gasteiger charge is -2.00. The van der Waals surface area contributed by atoms with Crippen LogP contribution in [0, 0.1) is 10.1 Å². The summed E-state index contributed by atoms with van der Waals surface area (Å²) in [5.74, 6) is -0.564. The Morgan fingerprint density at radius 1 is 1.24 bits per heavy atom. The summed E-state index contributed by atoms with van der Waals surface area (Å²) in [4.78, 5) is 21.9. The molecular formula is C14H11N3O4. The number of carbonyl (C=O) groups excluding carboxylic acids is 1. The van der Waals surface area contributed by atoms with Crippen LogP contribution in [0.3, 0.4) is 0 Å². The minimum absolute atomic E-state index is 0.0911. The molecule has 0 saturated carbocycles. The molecule has 2 aromatic carbocycles. The molecule has 0 aliphatic rings. The van der Waals surface area contributed by atoms with Gasteiger partial charge in [0.15, 0.2) is 0 Å². The molecule has 7 heteroatoms. The lowest BCUT2D eigenvalue weighted by molar-refractivity contribution is -0.385. The predicted molar refractivity (Wildman–Crippen MR) is 76.3 cm³/mol. The van der Waals surface area contributed by atoms with E-state index in [-0.39, 0.29) is 17.0 Å². The van der Waals surface area contributed by atoms with Gasteiger partial charge in [0.25, 0.3) is 11.6 Å². The number of hydrogen-bond acceptors (Lipinski definition) is 5. The zero-order chi connectivity index (χ0) is 15.2. The van der Waals surface area contributed by atoms with Crippen molar-refractivity contribution in [3.63, 3.8) is 0 Å². The van der Waals surface area contributed by atoms with Crippen LogP contribution in [0.25, 0.3) is 0 Å². The molecule has 0 heterocycles. The number of hydrazone groups is 1. The summed E-state index contributed by atoms with van der Waals surface area (Å²) in [6.07, 6.45) is 1.11. The molecule has 0 radical (unpaired) electrons. The molecule has 7 nitrogen and oxygen atoms in total. The summed E-state index contributed by atoms with van der Waals surface area (Å²) in [5, 5.41) is 23.8. The number of nitrogens with one attached hydrogen (secondary N) is 1. The van der Waals surface area contributed by atoms with E-state index in [1.165, 1.54) is 12.1 Å². The highest BCUT2D eigenvalue weighted by atomic mass is 16.6. The second-order valence-corrected chi connectivity index (χ2v) is 4.07. The Bertz CT molecular complexity index is 699.